The van der Waals surface area contributed by atoms with E-state index in [1.165, 1.54) is 0 Å². The monoisotopic (exact) mass is 252 g/mol. The molecule has 17 heavy (non-hydrogen) atoms. The van der Waals surface area contributed by atoms with Gasteiger partial charge < -0.3 is 14.8 Å². The van der Waals surface area contributed by atoms with E-state index in [1.54, 1.807) is 18.4 Å². The Balaban J connectivity index is 2.12. The van der Waals surface area contributed by atoms with Crippen molar-refractivity contribution in [3.05, 3.63) is 18.2 Å². The summed E-state index contributed by atoms with van der Waals surface area (Å²) < 4.78 is 11.6. The lowest BCUT2D eigenvalue weighted by Crippen LogP contribution is -2.06. The highest BCUT2D eigenvalue weighted by Gasteiger charge is 2.04. The van der Waals surface area contributed by atoms with Crippen LogP contribution in [0.25, 0.3) is 10.2 Å². The molecule has 5 heteroatoms. The summed E-state index contributed by atoms with van der Waals surface area (Å²) in [6.45, 7) is 4.12. The zero-order valence-electron chi connectivity index (χ0n) is 10.0. The van der Waals surface area contributed by atoms with Gasteiger partial charge in [-0.2, -0.15) is 0 Å². The molecule has 92 valence electrons. The Morgan fingerprint density at radius 3 is 3.06 bits per heavy atom. The van der Waals surface area contributed by atoms with Crippen molar-refractivity contribution >= 4 is 26.7 Å². The van der Waals surface area contributed by atoms with Crippen LogP contribution < -0.4 is 10.1 Å². The molecule has 1 N–H and O–H groups in total. The van der Waals surface area contributed by atoms with E-state index in [2.05, 4.69) is 10.3 Å². The minimum absolute atomic E-state index is 0.681. The average Bonchev–Trinajstić information content (AvgIpc) is 2.72. The van der Waals surface area contributed by atoms with E-state index in [9.17, 15) is 0 Å². The fourth-order valence-corrected chi connectivity index (χ4v) is 2.42. The predicted octanol–water partition coefficient (Wildman–Crippen LogP) is 2.75. The number of thiazole rings is 1. The highest BCUT2D eigenvalue weighted by Crippen LogP contribution is 2.29. The SMILES string of the molecule is CCOc1ccc2nc(NCCOC)sc2c1. The fourth-order valence-electron chi connectivity index (χ4n) is 1.50. The lowest BCUT2D eigenvalue weighted by molar-refractivity contribution is 0.211. The molecule has 4 nitrogen and oxygen atoms in total. The van der Waals surface area contributed by atoms with Crippen molar-refractivity contribution in [2.75, 3.05) is 32.2 Å². The number of hydrogen-bond acceptors (Lipinski definition) is 5. The molecule has 2 rings (SSSR count). The summed E-state index contributed by atoms with van der Waals surface area (Å²) in [6, 6.07) is 5.96. The number of anilines is 1. The van der Waals surface area contributed by atoms with Crippen LogP contribution in [-0.4, -0.2) is 31.9 Å². The minimum atomic E-state index is 0.681. The van der Waals surface area contributed by atoms with Crippen molar-refractivity contribution in [3.63, 3.8) is 0 Å². The molecular formula is C12H16N2O2S. The van der Waals surface area contributed by atoms with Crippen LogP contribution in [0.4, 0.5) is 5.13 Å². The molecule has 0 aliphatic rings. The van der Waals surface area contributed by atoms with Gasteiger partial charge in [-0.15, -0.1) is 0 Å². The number of nitrogens with one attached hydrogen (secondary N) is 1. The molecule has 0 bridgehead atoms. The van der Waals surface area contributed by atoms with Crippen molar-refractivity contribution in [2.24, 2.45) is 0 Å². The number of nitrogens with zero attached hydrogens (tertiary/aromatic N) is 1. The maximum absolute atomic E-state index is 5.46. The molecule has 0 atom stereocenters. The van der Waals surface area contributed by atoms with Gasteiger partial charge in [-0.25, -0.2) is 4.98 Å². The third-order valence-electron chi connectivity index (χ3n) is 2.25. The van der Waals surface area contributed by atoms with Crippen molar-refractivity contribution < 1.29 is 9.47 Å². The van der Waals surface area contributed by atoms with Crippen LogP contribution in [0.3, 0.4) is 0 Å². The molecule has 0 radical (unpaired) electrons. The van der Waals surface area contributed by atoms with Gasteiger partial charge in [-0.1, -0.05) is 11.3 Å². The van der Waals surface area contributed by atoms with Crippen molar-refractivity contribution in [1.82, 2.24) is 4.98 Å². The molecule has 2 aromatic rings. The second kappa shape index (κ2) is 5.84. The van der Waals surface area contributed by atoms with Gasteiger partial charge in [0.15, 0.2) is 5.13 Å². The number of benzene rings is 1. The first-order valence-electron chi connectivity index (χ1n) is 5.59. The predicted molar refractivity (Wildman–Crippen MR) is 71.2 cm³/mol. The number of fused-ring (bicyclic) bond motifs is 1. The summed E-state index contributed by atoms with van der Waals surface area (Å²) in [4.78, 5) is 4.48. The number of aromatic nitrogens is 1. The first-order valence-corrected chi connectivity index (χ1v) is 6.41. The number of rotatable bonds is 6. The molecule has 0 unspecified atom stereocenters. The van der Waals surface area contributed by atoms with Gasteiger partial charge in [-0.3, -0.25) is 0 Å². The lowest BCUT2D eigenvalue weighted by Gasteiger charge is -2.00. The summed E-state index contributed by atoms with van der Waals surface area (Å²) >= 11 is 1.63. The summed E-state index contributed by atoms with van der Waals surface area (Å²) in [6.07, 6.45) is 0. The second-order valence-electron chi connectivity index (χ2n) is 3.50. The van der Waals surface area contributed by atoms with E-state index in [-0.39, 0.29) is 0 Å². The smallest absolute Gasteiger partial charge is 0.183 e. The number of hydrogen-bond donors (Lipinski definition) is 1. The average molecular weight is 252 g/mol. The van der Waals surface area contributed by atoms with E-state index in [1.807, 2.05) is 25.1 Å². The molecule has 0 aliphatic carbocycles. The first-order chi connectivity index (χ1) is 8.33. The Kier molecular flexibility index (Phi) is 4.17. The summed E-state index contributed by atoms with van der Waals surface area (Å²) in [7, 11) is 1.69. The first kappa shape index (κ1) is 12.1. The quantitative estimate of drug-likeness (QED) is 0.803. The highest BCUT2D eigenvalue weighted by molar-refractivity contribution is 7.22. The second-order valence-corrected chi connectivity index (χ2v) is 4.53. The van der Waals surface area contributed by atoms with Crippen LogP contribution in [0.15, 0.2) is 18.2 Å². The van der Waals surface area contributed by atoms with Crippen LogP contribution >= 0.6 is 11.3 Å². The van der Waals surface area contributed by atoms with Gasteiger partial charge in [0.2, 0.25) is 0 Å². The van der Waals surface area contributed by atoms with Crippen LogP contribution in [0.5, 0.6) is 5.75 Å². The van der Waals surface area contributed by atoms with Crippen molar-refractivity contribution in [1.29, 1.82) is 0 Å². The Morgan fingerprint density at radius 1 is 1.41 bits per heavy atom. The van der Waals surface area contributed by atoms with Crippen molar-refractivity contribution in [3.8, 4) is 5.75 Å². The third kappa shape index (κ3) is 3.08. The highest BCUT2D eigenvalue weighted by atomic mass is 32.1. The Hall–Kier alpha value is -1.33. The molecule has 1 aromatic heterocycles. The number of methoxy groups -OCH3 is 1. The molecule has 0 fully saturated rings. The topological polar surface area (TPSA) is 43.4 Å². The molecule has 1 aromatic carbocycles. The van der Waals surface area contributed by atoms with Crippen LogP contribution in [-0.2, 0) is 4.74 Å². The Bertz CT molecular complexity index is 484. The minimum Gasteiger partial charge on any atom is -0.494 e. The summed E-state index contributed by atoms with van der Waals surface area (Å²) in [5, 5.41) is 4.15. The van der Waals surface area contributed by atoms with E-state index >= 15 is 0 Å². The van der Waals surface area contributed by atoms with Gasteiger partial charge >= 0.3 is 0 Å². The van der Waals surface area contributed by atoms with Gasteiger partial charge in [0.05, 0.1) is 23.4 Å². The summed E-state index contributed by atoms with van der Waals surface area (Å²) in [5.41, 5.74) is 0.998. The Morgan fingerprint density at radius 2 is 2.29 bits per heavy atom. The van der Waals surface area contributed by atoms with E-state index < -0.39 is 0 Å². The molecule has 0 amide bonds. The molecule has 0 spiro atoms. The third-order valence-corrected chi connectivity index (χ3v) is 3.23. The largest absolute Gasteiger partial charge is 0.494 e. The van der Waals surface area contributed by atoms with Gasteiger partial charge in [0.1, 0.15) is 5.75 Å². The van der Waals surface area contributed by atoms with Gasteiger partial charge in [-0.05, 0) is 25.1 Å². The normalized spacial score (nSPS) is 10.7. The Labute approximate surface area is 105 Å². The molecule has 0 saturated heterocycles. The zero-order valence-corrected chi connectivity index (χ0v) is 10.8. The van der Waals surface area contributed by atoms with Gasteiger partial charge in [0, 0.05) is 13.7 Å². The maximum Gasteiger partial charge on any atom is 0.183 e. The van der Waals surface area contributed by atoms with E-state index in [0.29, 0.717) is 13.2 Å². The lowest BCUT2D eigenvalue weighted by atomic mass is 10.3. The summed E-state index contributed by atoms with van der Waals surface area (Å²) in [5.74, 6) is 0.895. The molecular weight excluding hydrogens is 236 g/mol. The fraction of sp³-hybridized carbons (Fsp3) is 0.417. The molecule has 0 aliphatic heterocycles. The number of ether oxygens (including phenoxy) is 2. The van der Waals surface area contributed by atoms with Crippen LogP contribution in [0.2, 0.25) is 0 Å². The van der Waals surface area contributed by atoms with Crippen molar-refractivity contribution in [2.45, 2.75) is 6.92 Å². The van der Waals surface area contributed by atoms with Crippen LogP contribution in [0.1, 0.15) is 6.92 Å². The van der Waals surface area contributed by atoms with Gasteiger partial charge in [0.25, 0.3) is 0 Å². The molecule has 1 heterocycles. The van der Waals surface area contributed by atoms with E-state index in [4.69, 9.17) is 9.47 Å². The standard InChI is InChI=1S/C12H16N2O2S/c1-3-16-9-4-5-10-11(8-9)17-12(14-10)13-6-7-15-2/h4-5,8H,3,6-7H2,1-2H3,(H,13,14). The maximum atomic E-state index is 5.46. The van der Waals surface area contributed by atoms with E-state index in [0.717, 1.165) is 27.6 Å². The molecule has 0 saturated carbocycles. The zero-order chi connectivity index (χ0) is 12.1. The van der Waals surface area contributed by atoms with Crippen LogP contribution in [0, 0.1) is 0 Å².